The van der Waals surface area contributed by atoms with Crippen molar-refractivity contribution in [2.75, 3.05) is 0 Å². The van der Waals surface area contributed by atoms with Crippen LogP contribution in [0, 0.1) is 5.82 Å². The van der Waals surface area contributed by atoms with E-state index in [1.165, 1.54) is 12.1 Å². The van der Waals surface area contributed by atoms with Gasteiger partial charge in [-0.25, -0.2) is 4.39 Å². The smallest absolute Gasteiger partial charge is 0.237 e. The van der Waals surface area contributed by atoms with Gasteiger partial charge in [-0.3, -0.25) is 10.1 Å². The highest BCUT2D eigenvalue weighted by atomic mass is 19.1. The number of amidine groups is 1. The Bertz CT molecular complexity index is 514. The molecule has 0 aliphatic rings. The molecule has 1 aromatic rings. The Kier molecular flexibility index (Phi) is 4.44. The van der Waals surface area contributed by atoms with E-state index in [0.717, 1.165) is 6.07 Å². The second-order valence-electron chi connectivity index (χ2n) is 4.63. The van der Waals surface area contributed by atoms with Gasteiger partial charge < -0.3 is 16.7 Å². The molecule has 1 aromatic carbocycles. The molecule has 0 aliphatic carbocycles. The summed E-state index contributed by atoms with van der Waals surface area (Å²) >= 11 is 0. The molecule has 6 N–H and O–H groups in total. The molecule has 1 rings (SSSR count). The van der Waals surface area contributed by atoms with Gasteiger partial charge >= 0.3 is 0 Å². The molecule has 0 aromatic heterocycles. The first-order valence-corrected chi connectivity index (χ1v) is 5.59. The summed E-state index contributed by atoms with van der Waals surface area (Å²) in [5, 5.41) is 14.4. The van der Waals surface area contributed by atoms with Gasteiger partial charge in [0.1, 0.15) is 5.82 Å². The zero-order valence-corrected chi connectivity index (χ0v) is 10.8. The van der Waals surface area contributed by atoms with Crippen molar-refractivity contribution in [1.82, 2.24) is 5.32 Å². The lowest BCUT2D eigenvalue weighted by Gasteiger charge is -2.23. The average molecular weight is 268 g/mol. The predicted octanol–water partition coefficient (Wildman–Crippen LogP) is 0.274. The van der Waals surface area contributed by atoms with Crippen LogP contribution in [0.1, 0.15) is 25.0 Å². The van der Waals surface area contributed by atoms with Crippen LogP contribution in [0.3, 0.4) is 0 Å². The van der Waals surface area contributed by atoms with Crippen LogP contribution in [0.2, 0.25) is 0 Å². The summed E-state index contributed by atoms with van der Waals surface area (Å²) in [7, 11) is 0. The zero-order valence-electron chi connectivity index (χ0n) is 10.8. The number of nitrogens with one attached hydrogen (secondary N) is 1. The highest BCUT2D eigenvalue weighted by Crippen LogP contribution is 2.13. The number of primary amides is 1. The number of rotatable bonds is 5. The number of hydrogen-bond donors (Lipinski definition) is 4. The van der Waals surface area contributed by atoms with E-state index in [1.807, 2.05) is 0 Å². The van der Waals surface area contributed by atoms with Gasteiger partial charge in [-0.1, -0.05) is 11.2 Å². The fraction of sp³-hybridized carbons (Fsp3) is 0.333. The number of carbonyl (C=O) groups is 1. The first-order valence-electron chi connectivity index (χ1n) is 5.59. The molecule has 104 valence electrons. The number of benzene rings is 1. The third-order valence-electron chi connectivity index (χ3n) is 2.79. The van der Waals surface area contributed by atoms with Crippen molar-refractivity contribution < 1.29 is 14.4 Å². The minimum atomic E-state index is -0.920. The largest absolute Gasteiger partial charge is 0.409 e. The summed E-state index contributed by atoms with van der Waals surface area (Å²) in [4.78, 5) is 11.2. The van der Waals surface area contributed by atoms with Gasteiger partial charge in [0.15, 0.2) is 5.84 Å². The van der Waals surface area contributed by atoms with E-state index in [1.54, 1.807) is 13.8 Å². The Hall–Kier alpha value is -2.15. The fourth-order valence-electron chi connectivity index (χ4n) is 1.40. The van der Waals surface area contributed by atoms with Gasteiger partial charge in [0.2, 0.25) is 5.91 Å². The molecule has 19 heavy (non-hydrogen) atoms. The number of carbonyl (C=O) groups excluding carboxylic acids is 1. The predicted molar refractivity (Wildman–Crippen MR) is 69.0 cm³/mol. The number of amides is 1. The minimum Gasteiger partial charge on any atom is -0.409 e. The topological polar surface area (TPSA) is 114 Å². The second kappa shape index (κ2) is 5.66. The summed E-state index contributed by atoms with van der Waals surface area (Å²) < 4.78 is 13.2. The monoisotopic (exact) mass is 268 g/mol. The summed E-state index contributed by atoms with van der Waals surface area (Å²) in [6.07, 6.45) is 0. The molecule has 0 bridgehead atoms. The van der Waals surface area contributed by atoms with E-state index in [9.17, 15) is 9.18 Å². The van der Waals surface area contributed by atoms with Gasteiger partial charge in [0.25, 0.3) is 0 Å². The van der Waals surface area contributed by atoms with Crippen LogP contribution in [0.4, 0.5) is 4.39 Å². The maximum atomic E-state index is 13.2. The lowest BCUT2D eigenvalue weighted by Crippen LogP contribution is -2.50. The molecular weight excluding hydrogens is 251 g/mol. The van der Waals surface area contributed by atoms with Gasteiger partial charge in [0, 0.05) is 12.1 Å². The quantitative estimate of drug-likeness (QED) is 0.266. The maximum absolute atomic E-state index is 13.2. The van der Waals surface area contributed by atoms with Crippen molar-refractivity contribution in [2.45, 2.75) is 25.9 Å². The summed E-state index contributed by atoms with van der Waals surface area (Å²) in [5.74, 6) is -1.22. The highest BCUT2D eigenvalue weighted by Gasteiger charge is 2.24. The molecular formula is C12H17FN4O2. The van der Waals surface area contributed by atoms with E-state index in [0.29, 0.717) is 5.56 Å². The van der Waals surface area contributed by atoms with Crippen LogP contribution in [-0.4, -0.2) is 22.5 Å². The Balaban J connectivity index is 2.99. The van der Waals surface area contributed by atoms with Gasteiger partial charge in [-0.2, -0.15) is 0 Å². The van der Waals surface area contributed by atoms with Crippen molar-refractivity contribution >= 4 is 11.7 Å². The molecule has 0 saturated carbocycles. The van der Waals surface area contributed by atoms with Crippen LogP contribution in [-0.2, 0) is 11.3 Å². The Labute approximate surface area is 110 Å². The summed E-state index contributed by atoms with van der Waals surface area (Å²) in [6.45, 7) is 3.48. The Morgan fingerprint density at radius 3 is 2.63 bits per heavy atom. The number of nitrogens with two attached hydrogens (primary N) is 2. The van der Waals surface area contributed by atoms with Crippen molar-refractivity contribution in [3.05, 3.63) is 35.1 Å². The van der Waals surface area contributed by atoms with Gasteiger partial charge in [-0.05, 0) is 31.5 Å². The molecule has 0 heterocycles. The highest BCUT2D eigenvalue weighted by molar-refractivity contribution is 5.98. The standard InChI is InChI=1S/C12H17FN4O2/c1-12(2,11(15)18)16-6-7-3-4-8(13)5-9(7)10(14)17-19/h3-5,16,19H,6H2,1-2H3,(H2,14,17)(H2,15,18). The molecule has 1 amide bonds. The van der Waals surface area contributed by atoms with E-state index in [-0.39, 0.29) is 17.9 Å². The van der Waals surface area contributed by atoms with E-state index >= 15 is 0 Å². The molecule has 0 saturated heterocycles. The van der Waals surface area contributed by atoms with E-state index in [4.69, 9.17) is 16.7 Å². The first-order chi connectivity index (χ1) is 8.77. The molecule has 0 atom stereocenters. The third kappa shape index (κ3) is 3.65. The molecule has 0 radical (unpaired) electrons. The summed E-state index contributed by atoms with van der Waals surface area (Å²) in [5.41, 5.74) is 10.6. The van der Waals surface area contributed by atoms with Gasteiger partial charge in [0.05, 0.1) is 5.54 Å². The fourth-order valence-corrected chi connectivity index (χ4v) is 1.40. The van der Waals surface area contributed by atoms with Crippen molar-refractivity contribution in [1.29, 1.82) is 0 Å². The number of halogens is 1. The molecule has 6 nitrogen and oxygen atoms in total. The van der Waals surface area contributed by atoms with Crippen LogP contribution >= 0.6 is 0 Å². The minimum absolute atomic E-state index is 0.201. The SMILES string of the molecule is CC(C)(NCc1ccc(F)cc1C(N)=NO)C(N)=O. The Morgan fingerprint density at radius 2 is 2.11 bits per heavy atom. The summed E-state index contributed by atoms with van der Waals surface area (Å²) in [6, 6.07) is 3.90. The number of nitrogens with zero attached hydrogens (tertiary/aromatic N) is 1. The van der Waals surface area contributed by atoms with Crippen LogP contribution in [0.15, 0.2) is 23.4 Å². The first kappa shape index (κ1) is 14.9. The average Bonchev–Trinajstić information content (AvgIpc) is 2.36. The van der Waals surface area contributed by atoms with E-state index < -0.39 is 17.3 Å². The van der Waals surface area contributed by atoms with Crippen molar-refractivity contribution in [3.8, 4) is 0 Å². The molecule has 7 heteroatoms. The lowest BCUT2D eigenvalue weighted by atomic mass is 10.0. The Morgan fingerprint density at radius 1 is 1.47 bits per heavy atom. The van der Waals surface area contributed by atoms with Crippen molar-refractivity contribution in [2.24, 2.45) is 16.6 Å². The molecule has 0 spiro atoms. The van der Waals surface area contributed by atoms with Crippen LogP contribution in [0.25, 0.3) is 0 Å². The number of oxime groups is 1. The molecule has 0 unspecified atom stereocenters. The van der Waals surface area contributed by atoms with Crippen LogP contribution in [0.5, 0.6) is 0 Å². The second-order valence-corrected chi connectivity index (χ2v) is 4.63. The van der Waals surface area contributed by atoms with E-state index in [2.05, 4.69) is 10.5 Å². The number of hydrogen-bond acceptors (Lipinski definition) is 4. The normalized spacial score (nSPS) is 12.5. The third-order valence-corrected chi connectivity index (χ3v) is 2.79. The zero-order chi connectivity index (χ0) is 14.6. The van der Waals surface area contributed by atoms with Gasteiger partial charge in [-0.15, -0.1) is 0 Å². The maximum Gasteiger partial charge on any atom is 0.237 e. The van der Waals surface area contributed by atoms with Crippen LogP contribution < -0.4 is 16.8 Å². The molecule has 0 fully saturated rings. The molecule has 0 aliphatic heterocycles. The van der Waals surface area contributed by atoms with Crippen molar-refractivity contribution in [3.63, 3.8) is 0 Å². The lowest BCUT2D eigenvalue weighted by molar-refractivity contribution is -0.123.